The van der Waals surface area contributed by atoms with Crippen molar-refractivity contribution in [1.29, 1.82) is 0 Å². The van der Waals surface area contributed by atoms with Gasteiger partial charge in [-0.3, -0.25) is 0 Å². The molecule has 0 bridgehead atoms. The zero-order valence-electron chi connectivity index (χ0n) is 18.1. The minimum atomic E-state index is -0.396. The number of hydrogen-bond acceptors (Lipinski definition) is 0. The fraction of sp³-hybridized carbons (Fsp3) is 0.269. The molecule has 146 valence electrons. The zero-order chi connectivity index (χ0) is 17.6. The van der Waals surface area contributed by atoms with Crippen LogP contribution >= 0.6 is 0 Å². The van der Waals surface area contributed by atoms with Gasteiger partial charge in [0.05, 0.1) is 0 Å². The summed E-state index contributed by atoms with van der Waals surface area (Å²) in [5.74, 6) is 0.914. The SMILES string of the molecule is CC1=[C-]C2=CC=CCC(C=[Si](C)C)C2=C1C1C(C)=Cc2ccccc21.[CH3-].[CH3-].[Hf]. The molecular weight excluding hydrogens is 519 g/mol. The van der Waals surface area contributed by atoms with Crippen LogP contribution in [0.15, 0.2) is 70.4 Å². The first-order valence-corrected chi connectivity index (χ1v) is 11.8. The number of benzene rings is 1. The van der Waals surface area contributed by atoms with E-state index in [-0.39, 0.29) is 40.7 Å². The van der Waals surface area contributed by atoms with Crippen LogP contribution in [0.25, 0.3) is 6.08 Å². The Balaban J connectivity index is 0.00000131. The van der Waals surface area contributed by atoms with Gasteiger partial charge in [-0.05, 0) is 44.7 Å². The van der Waals surface area contributed by atoms with E-state index in [0.29, 0.717) is 11.8 Å². The molecule has 0 spiro atoms. The number of hydrogen-bond donors (Lipinski definition) is 0. The predicted octanol–water partition coefficient (Wildman–Crippen LogP) is 6.79. The van der Waals surface area contributed by atoms with E-state index in [4.69, 9.17) is 0 Å². The Kier molecular flexibility index (Phi) is 8.96. The second-order valence-corrected chi connectivity index (χ2v) is 10.1. The van der Waals surface area contributed by atoms with Gasteiger partial charge in [0.25, 0.3) is 0 Å². The molecule has 1 aromatic rings. The van der Waals surface area contributed by atoms with Crippen LogP contribution in [0.5, 0.6) is 0 Å². The molecule has 2 heteroatoms. The Bertz CT molecular complexity index is 918. The molecule has 28 heavy (non-hydrogen) atoms. The molecule has 0 saturated heterocycles. The molecule has 3 aliphatic rings. The second-order valence-electron chi connectivity index (χ2n) is 7.62. The maximum atomic E-state index is 3.69. The Hall–Kier alpha value is -1.12. The van der Waals surface area contributed by atoms with Gasteiger partial charge in [0.15, 0.2) is 0 Å². The van der Waals surface area contributed by atoms with Crippen molar-refractivity contribution in [2.75, 3.05) is 0 Å². The molecule has 4 rings (SSSR count). The van der Waals surface area contributed by atoms with E-state index in [0.717, 1.165) is 6.42 Å². The largest absolute Gasteiger partial charge is 0.358 e. The average Bonchev–Trinajstić information content (AvgIpc) is 2.98. The zero-order valence-corrected chi connectivity index (χ0v) is 22.7. The van der Waals surface area contributed by atoms with Crippen LogP contribution in [0.2, 0.25) is 13.1 Å². The molecule has 3 aliphatic carbocycles. The molecule has 1 aromatic carbocycles. The maximum Gasteiger partial charge on any atom is 0 e. The van der Waals surface area contributed by atoms with Gasteiger partial charge < -0.3 is 14.9 Å². The first-order valence-electron chi connectivity index (χ1n) is 9.20. The predicted molar refractivity (Wildman–Crippen MR) is 124 cm³/mol. The number of allylic oxidation sites excluding steroid dienone is 9. The van der Waals surface area contributed by atoms with Gasteiger partial charge in [0, 0.05) is 25.8 Å². The average molecular weight is 550 g/mol. The van der Waals surface area contributed by atoms with Crippen LogP contribution in [0.1, 0.15) is 37.3 Å². The van der Waals surface area contributed by atoms with Gasteiger partial charge in [0.2, 0.25) is 0 Å². The fourth-order valence-corrected chi connectivity index (χ4v) is 5.62. The summed E-state index contributed by atoms with van der Waals surface area (Å²) in [4.78, 5) is 0. The van der Waals surface area contributed by atoms with Crippen LogP contribution in [0.4, 0.5) is 0 Å². The Morgan fingerprint density at radius 2 is 1.79 bits per heavy atom. The first kappa shape index (κ1) is 24.9. The molecule has 0 aliphatic heterocycles. The summed E-state index contributed by atoms with van der Waals surface area (Å²) in [5.41, 5.74) is 12.6. The molecular formula is C26H31HfSi-3. The van der Waals surface area contributed by atoms with Crippen molar-refractivity contribution in [2.24, 2.45) is 5.92 Å². The monoisotopic (exact) mass is 551 g/mol. The summed E-state index contributed by atoms with van der Waals surface area (Å²) in [5, 5.41) is 0. The number of fused-ring (bicyclic) bond motifs is 2. The Morgan fingerprint density at radius 3 is 2.50 bits per heavy atom. The van der Waals surface area contributed by atoms with Crippen LogP contribution < -0.4 is 0 Å². The van der Waals surface area contributed by atoms with Gasteiger partial charge in [0.1, 0.15) is 0 Å². The standard InChI is InChI=1S/C24H25Si.2CH3.Hf/c1-16-13-18-9-7-8-12-21(18)22(16)23-17(2)14-19-10-5-6-11-20(24(19)23)15-25(3)4;;;/h5-10,12-13,15,20,22H,11H2,1-4H3;2*1H3;/q3*-1;. The van der Waals surface area contributed by atoms with Crippen molar-refractivity contribution in [3.8, 4) is 0 Å². The minimum absolute atomic E-state index is 0. The van der Waals surface area contributed by atoms with Crippen LogP contribution in [0, 0.1) is 26.8 Å². The van der Waals surface area contributed by atoms with Crippen molar-refractivity contribution in [3.63, 3.8) is 0 Å². The number of rotatable bonds is 2. The van der Waals surface area contributed by atoms with Crippen LogP contribution in [-0.4, -0.2) is 14.1 Å². The third-order valence-electron chi connectivity index (χ3n) is 5.44. The molecule has 0 amide bonds. The molecule has 0 N–H and O–H groups in total. The first-order chi connectivity index (χ1) is 12.1. The van der Waals surface area contributed by atoms with Gasteiger partial charge in [-0.15, -0.1) is 35.0 Å². The van der Waals surface area contributed by atoms with Crippen molar-refractivity contribution in [3.05, 3.63) is 102 Å². The smallest absolute Gasteiger partial charge is 0 e. The van der Waals surface area contributed by atoms with Gasteiger partial charge in [-0.25, -0.2) is 0 Å². The summed E-state index contributed by atoms with van der Waals surface area (Å²) >= 11 is 0. The summed E-state index contributed by atoms with van der Waals surface area (Å²) in [6.45, 7) is 9.31. The van der Waals surface area contributed by atoms with E-state index >= 15 is 0 Å². The Labute approximate surface area is 192 Å². The maximum absolute atomic E-state index is 3.69. The quantitative estimate of drug-likeness (QED) is 0.281. The van der Waals surface area contributed by atoms with Crippen LogP contribution in [0.3, 0.4) is 0 Å². The molecule has 0 nitrogen and oxygen atoms in total. The van der Waals surface area contributed by atoms with Crippen molar-refractivity contribution in [2.45, 2.75) is 39.3 Å². The molecule has 0 aromatic heterocycles. The van der Waals surface area contributed by atoms with E-state index in [1.807, 2.05) is 0 Å². The van der Waals surface area contributed by atoms with Gasteiger partial charge in [-0.2, -0.15) is 11.1 Å². The fourth-order valence-electron chi connectivity index (χ4n) is 4.51. The van der Waals surface area contributed by atoms with Crippen molar-refractivity contribution >= 4 is 20.2 Å². The second kappa shape index (κ2) is 10.1. The van der Waals surface area contributed by atoms with E-state index in [1.165, 1.54) is 39.0 Å². The molecule has 0 heterocycles. The third-order valence-corrected chi connectivity index (χ3v) is 6.50. The van der Waals surface area contributed by atoms with Crippen molar-refractivity contribution < 1.29 is 25.8 Å². The minimum Gasteiger partial charge on any atom is -0.358 e. The van der Waals surface area contributed by atoms with E-state index in [9.17, 15) is 0 Å². The summed E-state index contributed by atoms with van der Waals surface area (Å²) in [6, 6.07) is 8.87. The van der Waals surface area contributed by atoms with Crippen molar-refractivity contribution in [1.82, 2.24) is 0 Å². The van der Waals surface area contributed by atoms with E-state index in [1.54, 1.807) is 0 Å². The topological polar surface area (TPSA) is 0 Å². The molecule has 0 fully saturated rings. The Morgan fingerprint density at radius 1 is 1.07 bits per heavy atom. The van der Waals surface area contributed by atoms with E-state index < -0.39 is 8.41 Å². The van der Waals surface area contributed by atoms with Gasteiger partial charge >= 0.3 is 0 Å². The normalized spacial score (nSPS) is 21.6. The van der Waals surface area contributed by atoms with Gasteiger partial charge in [-0.1, -0.05) is 62.0 Å². The molecule has 2 atom stereocenters. The summed E-state index contributed by atoms with van der Waals surface area (Å²) in [7, 11) is -0.396. The summed E-state index contributed by atoms with van der Waals surface area (Å²) in [6.07, 6.45) is 14.0. The van der Waals surface area contributed by atoms with Crippen LogP contribution in [-0.2, 0) is 25.8 Å². The molecule has 0 radical (unpaired) electrons. The molecule has 0 saturated carbocycles. The third kappa shape index (κ3) is 4.38. The molecule has 2 unspecified atom stereocenters. The van der Waals surface area contributed by atoms with E-state index in [2.05, 4.69) is 87.3 Å². The summed E-state index contributed by atoms with van der Waals surface area (Å²) < 4.78 is 0.